The van der Waals surface area contributed by atoms with Crippen LogP contribution >= 0.6 is 0 Å². The maximum absolute atomic E-state index is 11.4. The van der Waals surface area contributed by atoms with E-state index in [4.69, 9.17) is 10.5 Å². The first-order valence-corrected chi connectivity index (χ1v) is 6.59. The van der Waals surface area contributed by atoms with Crippen molar-refractivity contribution in [1.29, 1.82) is 0 Å². The molecule has 0 bridgehead atoms. The van der Waals surface area contributed by atoms with Crippen molar-refractivity contribution in [2.24, 2.45) is 5.73 Å². The van der Waals surface area contributed by atoms with E-state index in [9.17, 15) is 4.79 Å². The molecule has 4 nitrogen and oxygen atoms in total. The van der Waals surface area contributed by atoms with E-state index in [0.29, 0.717) is 6.54 Å². The maximum Gasteiger partial charge on any atom is 0.258 e. The number of aryl methyl sites for hydroxylation is 1. The number of amides is 1. The first kappa shape index (κ1) is 13.6. The van der Waals surface area contributed by atoms with Gasteiger partial charge in [-0.1, -0.05) is 12.1 Å². The van der Waals surface area contributed by atoms with Crippen molar-refractivity contribution in [1.82, 2.24) is 5.32 Å². The number of benzene rings is 1. The predicted molar refractivity (Wildman–Crippen MR) is 75.0 cm³/mol. The van der Waals surface area contributed by atoms with E-state index in [1.807, 2.05) is 18.2 Å². The summed E-state index contributed by atoms with van der Waals surface area (Å²) in [6.07, 6.45) is 4.82. The molecule has 3 N–H and O–H groups in total. The lowest BCUT2D eigenvalue weighted by Crippen LogP contribution is -2.28. The Hall–Kier alpha value is -1.81. The number of hydrogen-bond donors (Lipinski definition) is 2. The molecule has 1 unspecified atom stereocenters. The predicted octanol–water partition coefficient (Wildman–Crippen LogP) is 1.70. The summed E-state index contributed by atoms with van der Waals surface area (Å²) in [5.74, 6) is 0.580. The minimum absolute atomic E-state index is 0.0265. The van der Waals surface area contributed by atoms with Crippen molar-refractivity contribution in [3.8, 4) is 5.75 Å². The Balaban J connectivity index is 1.95. The molecule has 1 aromatic carbocycles. The molecule has 102 valence electrons. The lowest BCUT2D eigenvalue weighted by molar-refractivity contribution is -0.122. The number of ether oxygens (including phenoxy) is 1. The van der Waals surface area contributed by atoms with Crippen LogP contribution in [0.15, 0.2) is 30.9 Å². The molecule has 1 atom stereocenters. The van der Waals surface area contributed by atoms with Gasteiger partial charge in [-0.05, 0) is 42.5 Å². The second kappa shape index (κ2) is 6.38. The van der Waals surface area contributed by atoms with Gasteiger partial charge in [-0.25, -0.2) is 0 Å². The smallest absolute Gasteiger partial charge is 0.258 e. The third kappa shape index (κ3) is 3.58. The van der Waals surface area contributed by atoms with Gasteiger partial charge in [-0.15, -0.1) is 6.58 Å². The van der Waals surface area contributed by atoms with Gasteiger partial charge in [-0.2, -0.15) is 0 Å². The normalized spacial score (nSPS) is 17.4. The molecule has 19 heavy (non-hydrogen) atoms. The van der Waals surface area contributed by atoms with E-state index in [2.05, 4.69) is 11.9 Å². The molecule has 0 aliphatic heterocycles. The Morgan fingerprint density at radius 3 is 3.21 bits per heavy atom. The minimum Gasteiger partial charge on any atom is -0.484 e. The van der Waals surface area contributed by atoms with Gasteiger partial charge in [0.1, 0.15) is 5.75 Å². The number of fused-ring (bicyclic) bond motifs is 1. The fourth-order valence-corrected chi connectivity index (χ4v) is 2.30. The molecule has 0 saturated heterocycles. The summed E-state index contributed by atoms with van der Waals surface area (Å²) in [4.78, 5) is 11.4. The lowest BCUT2D eigenvalue weighted by atomic mass is 9.88. The van der Waals surface area contributed by atoms with Crippen molar-refractivity contribution < 1.29 is 9.53 Å². The van der Waals surface area contributed by atoms with Crippen LogP contribution in [0.1, 0.15) is 30.0 Å². The van der Waals surface area contributed by atoms with Crippen molar-refractivity contribution in [2.75, 3.05) is 13.2 Å². The summed E-state index contributed by atoms with van der Waals surface area (Å²) in [6, 6.07) is 6.02. The van der Waals surface area contributed by atoms with E-state index in [1.54, 1.807) is 6.08 Å². The fourth-order valence-electron chi connectivity index (χ4n) is 2.30. The van der Waals surface area contributed by atoms with Crippen LogP contribution in [0.3, 0.4) is 0 Å². The highest BCUT2D eigenvalue weighted by molar-refractivity contribution is 5.77. The number of nitrogens with one attached hydrogen (secondary N) is 1. The zero-order valence-electron chi connectivity index (χ0n) is 11.0. The van der Waals surface area contributed by atoms with Crippen molar-refractivity contribution >= 4 is 5.91 Å². The topological polar surface area (TPSA) is 64.3 Å². The highest BCUT2D eigenvalue weighted by Gasteiger charge is 2.17. The molecule has 1 amide bonds. The summed E-state index contributed by atoms with van der Waals surface area (Å²) in [6.45, 7) is 4.02. The van der Waals surface area contributed by atoms with E-state index in [-0.39, 0.29) is 18.6 Å². The molecule has 1 aliphatic carbocycles. The molecule has 0 fully saturated rings. The zero-order chi connectivity index (χ0) is 13.7. The van der Waals surface area contributed by atoms with E-state index < -0.39 is 0 Å². The van der Waals surface area contributed by atoms with Gasteiger partial charge < -0.3 is 15.8 Å². The van der Waals surface area contributed by atoms with Gasteiger partial charge in [0.05, 0.1) is 0 Å². The SMILES string of the molecule is C=CCNC(=O)COc1ccc2c(c1)CCCC2N. The van der Waals surface area contributed by atoms with Gasteiger partial charge >= 0.3 is 0 Å². The number of nitrogens with two attached hydrogens (primary N) is 1. The molecule has 0 radical (unpaired) electrons. The molecule has 0 heterocycles. The third-order valence-electron chi connectivity index (χ3n) is 3.29. The van der Waals surface area contributed by atoms with Gasteiger partial charge in [-0.3, -0.25) is 4.79 Å². The Morgan fingerprint density at radius 1 is 1.58 bits per heavy atom. The highest BCUT2D eigenvalue weighted by Crippen LogP contribution is 2.30. The zero-order valence-corrected chi connectivity index (χ0v) is 11.0. The van der Waals surface area contributed by atoms with Crippen molar-refractivity contribution in [3.63, 3.8) is 0 Å². The van der Waals surface area contributed by atoms with Crippen molar-refractivity contribution in [3.05, 3.63) is 42.0 Å². The second-order valence-corrected chi connectivity index (χ2v) is 4.74. The maximum atomic E-state index is 11.4. The minimum atomic E-state index is -0.144. The van der Waals surface area contributed by atoms with Crippen LogP contribution < -0.4 is 15.8 Å². The van der Waals surface area contributed by atoms with Gasteiger partial charge in [0, 0.05) is 12.6 Å². The molecule has 1 aromatic rings. The summed E-state index contributed by atoms with van der Waals surface area (Å²) >= 11 is 0. The van der Waals surface area contributed by atoms with Crippen LogP contribution in [-0.2, 0) is 11.2 Å². The molecule has 0 aromatic heterocycles. The summed E-state index contributed by atoms with van der Waals surface area (Å²) in [5.41, 5.74) is 8.50. The number of hydrogen-bond acceptors (Lipinski definition) is 3. The van der Waals surface area contributed by atoms with E-state index >= 15 is 0 Å². The van der Waals surface area contributed by atoms with Crippen LogP contribution in [0, 0.1) is 0 Å². The standard InChI is InChI=1S/C15H20N2O2/c1-2-8-17-15(18)10-19-12-6-7-13-11(9-12)4-3-5-14(13)16/h2,6-7,9,14H,1,3-5,8,10,16H2,(H,17,18). The summed E-state index contributed by atoms with van der Waals surface area (Å²) in [5, 5.41) is 2.67. The largest absolute Gasteiger partial charge is 0.484 e. The summed E-state index contributed by atoms with van der Waals surface area (Å²) in [7, 11) is 0. The molecule has 1 aliphatic rings. The molecule has 2 rings (SSSR count). The Morgan fingerprint density at radius 2 is 2.42 bits per heavy atom. The molecule has 4 heteroatoms. The average molecular weight is 260 g/mol. The Kier molecular flexibility index (Phi) is 4.58. The third-order valence-corrected chi connectivity index (χ3v) is 3.29. The quantitative estimate of drug-likeness (QED) is 0.792. The van der Waals surface area contributed by atoms with Gasteiger partial charge in [0.25, 0.3) is 5.91 Å². The van der Waals surface area contributed by atoms with E-state index in [1.165, 1.54) is 11.1 Å². The van der Waals surface area contributed by atoms with Crippen LogP contribution in [-0.4, -0.2) is 19.1 Å². The number of carbonyl (C=O) groups is 1. The number of carbonyl (C=O) groups excluding carboxylic acids is 1. The van der Waals surface area contributed by atoms with Crippen LogP contribution in [0.5, 0.6) is 5.75 Å². The monoisotopic (exact) mass is 260 g/mol. The van der Waals surface area contributed by atoms with Crippen LogP contribution in [0.2, 0.25) is 0 Å². The van der Waals surface area contributed by atoms with Crippen LogP contribution in [0.25, 0.3) is 0 Å². The molecular weight excluding hydrogens is 240 g/mol. The lowest BCUT2D eigenvalue weighted by Gasteiger charge is -2.22. The van der Waals surface area contributed by atoms with Gasteiger partial charge in [0.15, 0.2) is 6.61 Å². The molecule has 0 spiro atoms. The Labute approximate surface area is 113 Å². The second-order valence-electron chi connectivity index (χ2n) is 4.74. The fraction of sp³-hybridized carbons (Fsp3) is 0.400. The van der Waals surface area contributed by atoms with Crippen molar-refractivity contribution in [2.45, 2.75) is 25.3 Å². The van der Waals surface area contributed by atoms with E-state index in [0.717, 1.165) is 25.0 Å². The van der Waals surface area contributed by atoms with Crippen LogP contribution in [0.4, 0.5) is 0 Å². The average Bonchev–Trinajstić information content (AvgIpc) is 2.43. The highest BCUT2D eigenvalue weighted by atomic mass is 16.5. The molecular formula is C15H20N2O2. The Bertz CT molecular complexity index is 471. The summed E-state index contributed by atoms with van der Waals surface area (Å²) < 4.78 is 5.48. The first-order valence-electron chi connectivity index (χ1n) is 6.59. The first-order chi connectivity index (χ1) is 9.20. The van der Waals surface area contributed by atoms with Gasteiger partial charge in [0.2, 0.25) is 0 Å². The number of rotatable bonds is 5. The molecule has 0 saturated carbocycles.